The van der Waals surface area contributed by atoms with Crippen LogP contribution in [0.1, 0.15) is 84.5 Å². The number of hydrogen-bond donors (Lipinski definition) is 1. The molecule has 9 atom stereocenters. The molecule has 4 aliphatic carbocycles. The fraction of sp³-hybridized carbons (Fsp3) is 0.793. The molecule has 196 valence electrons. The van der Waals surface area contributed by atoms with E-state index in [1.807, 2.05) is 0 Å². The normalized spacial score (nSPS) is 44.2. The summed E-state index contributed by atoms with van der Waals surface area (Å²) < 4.78 is 54.6. The number of fused-ring (bicyclic) bond motifs is 5. The van der Waals surface area contributed by atoms with Crippen LogP contribution in [0.4, 0.5) is 8.78 Å². The van der Waals surface area contributed by atoms with Crippen molar-refractivity contribution >= 4 is 9.84 Å². The summed E-state index contributed by atoms with van der Waals surface area (Å²) in [5.41, 5.74) is -3.81. The first-order valence-corrected chi connectivity index (χ1v) is 15.3. The van der Waals surface area contributed by atoms with Crippen LogP contribution in [-0.4, -0.2) is 31.3 Å². The van der Waals surface area contributed by atoms with Gasteiger partial charge in [0.1, 0.15) is 5.60 Å². The van der Waals surface area contributed by atoms with Gasteiger partial charge in [0.15, 0.2) is 0 Å². The molecule has 35 heavy (non-hydrogen) atoms. The highest BCUT2D eigenvalue weighted by atomic mass is 32.2. The fourth-order valence-corrected chi connectivity index (χ4v) is 11.0. The van der Waals surface area contributed by atoms with Gasteiger partial charge in [-0.1, -0.05) is 32.0 Å². The zero-order valence-electron chi connectivity index (χ0n) is 21.3. The highest BCUT2D eigenvalue weighted by molar-refractivity contribution is 7.92. The van der Waals surface area contributed by atoms with Gasteiger partial charge in [0, 0.05) is 0 Å². The quantitative estimate of drug-likeness (QED) is 0.455. The van der Waals surface area contributed by atoms with Crippen LogP contribution in [0.2, 0.25) is 0 Å². The first-order valence-electron chi connectivity index (χ1n) is 13.8. The Balaban J connectivity index is 1.34. The maximum atomic E-state index is 15.7. The van der Waals surface area contributed by atoms with Crippen molar-refractivity contribution in [1.82, 2.24) is 0 Å². The Kier molecular flexibility index (Phi) is 6.65. The van der Waals surface area contributed by atoms with Gasteiger partial charge in [0.05, 0.1) is 11.6 Å². The van der Waals surface area contributed by atoms with Crippen LogP contribution in [0.25, 0.3) is 0 Å². The van der Waals surface area contributed by atoms with E-state index in [9.17, 15) is 17.9 Å². The van der Waals surface area contributed by atoms with E-state index < -0.39 is 20.9 Å². The predicted octanol–water partition coefficient (Wildman–Crippen LogP) is 6.90. The molecule has 6 heteroatoms. The molecule has 1 aromatic rings. The third-order valence-electron chi connectivity index (χ3n) is 11.4. The summed E-state index contributed by atoms with van der Waals surface area (Å²) in [7, 11) is -4.26. The molecule has 0 radical (unpaired) electrons. The van der Waals surface area contributed by atoms with Gasteiger partial charge in [0.25, 0.3) is 0 Å². The number of alkyl halides is 2. The third-order valence-corrected chi connectivity index (χ3v) is 13.3. The second-order valence-corrected chi connectivity index (χ2v) is 14.8. The summed E-state index contributed by atoms with van der Waals surface area (Å²) in [6.07, 6.45) is 9.56. The lowest BCUT2D eigenvalue weighted by molar-refractivity contribution is -0.158. The van der Waals surface area contributed by atoms with Crippen LogP contribution in [0.3, 0.4) is 0 Å². The molecule has 4 saturated carbocycles. The van der Waals surface area contributed by atoms with Crippen molar-refractivity contribution in [1.29, 1.82) is 0 Å². The molecule has 0 spiro atoms. The molecule has 5 unspecified atom stereocenters. The van der Waals surface area contributed by atoms with E-state index in [4.69, 9.17) is 0 Å². The van der Waals surface area contributed by atoms with Crippen molar-refractivity contribution in [2.24, 2.45) is 40.4 Å². The number of sulfone groups is 1. The Hall–Kier alpha value is -1.01. The van der Waals surface area contributed by atoms with Gasteiger partial charge in [-0.25, -0.2) is 12.8 Å². The van der Waals surface area contributed by atoms with Gasteiger partial charge in [-0.2, -0.15) is 0 Å². The standard InChI is InChI=1S/C29H42F2O3S/c1-27-15-14-25-23(24(27)13-11-20(27)7-6-18-30)12-10-21-19-29(32,17-16-28(21,25)2)26(31)35(33,34)22-8-4-3-5-9-22/h3-5,8-9,20-21,23-26,32H,6-7,10-19H2,1-2H3/t20?,21-,23+,24?,25?,26?,27-,28+,29?/m1/s1. The summed E-state index contributed by atoms with van der Waals surface area (Å²) >= 11 is 0. The Labute approximate surface area is 210 Å². The molecule has 0 saturated heterocycles. The lowest BCUT2D eigenvalue weighted by Gasteiger charge is -2.62. The summed E-state index contributed by atoms with van der Waals surface area (Å²) in [6, 6.07) is 7.69. The monoisotopic (exact) mass is 508 g/mol. The van der Waals surface area contributed by atoms with Crippen LogP contribution in [-0.2, 0) is 9.84 Å². The maximum Gasteiger partial charge on any atom is 0.233 e. The van der Waals surface area contributed by atoms with Gasteiger partial charge in [-0.15, -0.1) is 0 Å². The number of halogens is 2. The van der Waals surface area contributed by atoms with E-state index in [1.54, 1.807) is 18.2 Å². The van der Waals surface area contributed by atoms with Crippen molar-refractivity contribution < 1.29 is 22.3 Å². The second kappa shape index (κ2) is 9.08. The summed E-state index contributed by atoms with van der Waals surface area (Å²) in [6.45, 7) is 4.58. The largest absolute Gasteiger partial charge is 0.386 e. The van der Waals surface area contributed by atoms with Gasteiger partial charge in [0.2, 0.25) is 15.3 Å². The van der Waals surface area contributed by atoms with Crippen LogP contribution in [0, 0.1) is 40.4 Å². The molecule has 4 fully saturated rings. The van der Waals surface area contributed by atoms with Gasteiger partial charge in [-0.3, -0.25) is 4.39 Å². The predicted molar refractivity (Wildman–Crippen MR) is 134 cm³/mol. The average Bonchev–Trinajstić information content (AvgIpc) is 3.19. The smallest absolute Gasteiger partial charge is 0.233 e. The first-order chi connectivity index (χ1) is 16.6. The molecule has 1 N–H and O–H groups in total. The Morgan fingerprint density at radius 1 is 0.971 bits per heavy atom. The van der Waals surface area contributed by atoms with Gasteiger partial charge >= 0.3 is 0 Å². The van der Waals surface area contributed by atoms with Crippen molar-refractivity contribution in [3.8, 4) is 0 Å². The van der Waals surface area contributed by atoms with E-state index in [1.165, 1.54) is 31.4 Å². The number of aliphatic hydroxyl groups is 1. The zero-order chi connectivity index (χ0) is 25.1. The van der Waals surface area contributed by atoms with E-state index in [2.05, 4.69) is 13.8 Å². The minimum absolute atomic E-state index is 0.0176. The molecular weight excluding hydrogens is 466 g/mol. The molecule has 0 bridgehead atoms. The molecule has 5 rings (SSSR count). The molecule has 0 amide bonds. The van der Waals surface area contributed by atoms with Crippen molar-refractivity contribution in [2.75, 3.05) is 6.67 Å². The average molecular weight is 509 g/mol. The fourth-order valence-electron chi connectivity index (χ4n) is 9.41. The molecule has 0 heterocycles. The Bertz CT molecular complexity index is 1020. The maximum absolute atomic E-state index is 15.7. The third kappa shape index (κ3) is 4.00. The van der Waals surface area contributed by atoms with E-state index in [0.717, 1.165) is 25.7 Å². The molecule has 0 aliphatic heterocycles. The van der Waals surface area contributed by atoms with E-state index in [0.29, 0.717) is 41.9 Å². The van der Waals surface area contributed by atoms with E-state index >= 15 is 4.39 Å². The molecule has 0 aromatic heterocycles. The lowest BCUT2D eigenvalue weighted by Crippen LogP contribution is -2.58. The SMILES string of the molecule is C[C@]12CCC3[C@@H](CC[C@@H]4CC(O)(C(F)S(=O)(=O)c5ccccc5)CC[C@]34C)C1CCC2CCCF. The number of rotatable bonds is 6. The van der Waals surface area contributed by atoms with Crippen LogP contribution in [0.5, 0.6) is 0 Å². The molecule has 3 nitrogen and oxygen atoms in total. The van der Waals surface area contributed by atoms with Gasteiger partial charge < -0.3 is 5.11 Å². The first kappa shape index (κ1) is 25.6. The minimum Gasteiger partial charge on any atom is -0.386 e. The highest BCUT2D eigenvalue weighted by Crippen LogP contribution is 2.68. The zero-order valence-corrected chi connectivity index (χ0v) is 22.1. The number of benzene rings is 1. The summed E-state index contributed by atoms with van der Waals surface area (Å²) in [5.74, 6) is 2.64. The lowest BCUT2D eigenvalue weighted by atomic mass is 9.44. The van der Waals surface area contributed by atoms with Crippen molar-refractivity contribution in [3.63, 3.8) is 0 Å². The summed E-state index contributed by atoms with van der Waals surface area (Å²) in [5, 5.41) is 11.4. The number of hydrogen-bond acceptors (Lipinski definition) is 3. The van der Waals surface area contributed by atoms with Crippen LogP contribution in [0.15, 0.2) is 35.2 Å². The molecular formula is C29H42F2O3S. The molecule has 1 aromatic carbocycles. The minimum atomic E-state index is -4.26. The highest BCUT2D eigenvalue weighted by Gasteiger charge is 2.62. The Morgan fingerprint density at radius 3 is 2.40 bits per heavy atom. The second-order valence-electron chi connectivity index (χ2n) is 12.8. The van der Waals surface area contributed by atoms with Crippen molar-refractivity contribution in [2.45, 2.75) is 100 Å². The summed E-state index contributed by atoms with van der Waals surface area (Å²) in [4.78, 5) is -0.0620. The van der Waals surface area contributed by atoms with Crippen molar-refractivity contribution in [3.05, 3.63) is 30.3 Å². The van der Waals surface area contributed by atoms with Crippen LogP contribution < -0.4 is 0 Å². The van der Waals surface area contributed by atoms with Crippen LogP contribution >= 0.6 is 0 Å². The van der Waals surface area contributed by atoms with Gasteiger partial charge in [-0.05, 0) is 123 Å². The molecule has 4 aliphatic rings. The van der Waals surface area contributed by atoms with E-state index in [-0.39, 0.29) is 35.7 Å². The topological polar surface area (TPSA) is 54.4 Å². The Morgan fingerprint density at radius 2 is 1.69 bits per heavy atom.